The minimum absolute atomic E-state index is 0.0819. The first kappa shape index (κ1) is 22.8. The zero-order valence-corrected chi connectivity index (χ0v) is 19.5. The highest BCUT2D eigenvalue weighted by Crippen LogP contribution is 2.31. The number of carbonyl (C=O) groups is 1. The van der Waals surface area contributed by atoms with Crippen LogP contribution in [0.3, 0.4) is 0 Å². The van der Waals surface area contributed by atoms with Crippen molar-refractivity contribution < 1.29 is 19.0 Å². The van der Waals surface area contributed by atoms with Gasteiger partial charge in [-0.05, 0) is 36.8 Å². The fourth-order valence-electron chi connectivity index (χ4n) is 3.52. The van der Waals surface area contributed by atoms with Crippen molar-refractivity contribution in [3.05, 3.63) is 47.5 Å². The Morgan fingerprint density at radius 1 is 1.22 bits per heavy atom. The van der Waals surface area contributed by atoms with Crippen LogP contribution in [0.15, 0.2) is 42.5 Å². The van der Waals surface area contributed by atoms with Gasteiger partial charge in [0.15, 0.2) is 11.7 Å². The minimum Gasteiger partial charge on any atom is -0.497 e. The molecule has 0 saturated carbocycles. The Kier molecular flexibility index (Phi) is 7.81. The number of morpholine rings is 1. The summed E-state index contributed by atoms with van der Waals surface area (Å²) in [6.07, 6.45) is 0.835. The minimum atomic E-state index is -0.139. The van der Waals surface area contributed by atoms with Crippen LogP contribution in [0.2, 0.25) is 5.02 Å². The van der Waals surface area contributed by atoms with Crippen LogP contribution < -0.4 is 14.4 Å². The molecule has 0 spiro atoms. The normalized spacial score (nSPS) is 14.4. The first-order chi connectivity index (χ1) is 15.6. The van der Waals surface area contributed by atoms with Crippen LogP contribution in [0.5, 0.6) is 11.5 Å². The average molecular weight is 476 g/mol. The molecule has 0 atom stereocenters. The van der Waals surface area contributed by atoms with E-state index in [1.807, 2.05) is 30.3 Å². The van der Waals surface area contributed by atoms with Crippen molar-refractivity contribution in [2.45, 2.75) is 6.42 Å². The van der Waals surface area contributed by atoms with Crippen LogP contribution in [0, 0.1) is 0 Å². The molecule has 0 N–H and O–H groups in total. The highest BCUT2D eigenvalue weighted by molar-refractivity contribution is 7.22. The molecule has 1 aliphatic heterocycles. The summed E-state index contributed by atoms with van der Waals surface area (Å²) >= 11 is 7.60. The SMILES string of the molecule is COc1cccc(OCC(=O)N(CCCN2CCOCC2)c2nc3ccc(Cl)cc3s2)c1. The second kappa shape index (κ2) is 11.0. The van der Waals surface area contributed by atoms with Gasteiger partial charge in [-0.1, -0.05) is 29.0 Å². The summed E-state index contributed by atoms with van der Waals surface area (Å²) in [5, 5.41) is 1.31. The van der Waals surface area contributed by atoms with Crippen molar-refractivity contribution in [1.29, 1.82) is 0 Å². The molecule has 0 aliphatic carbocycles. The molecular weight excluding hydrogens is 450 g/mol. The van der Waals surface area contributed by atoms with Gasteiger partial charge >= 0.3 is 0 Å². The maximum absolute atomic E-state index is 13.2. The highest BCUT2D eigenvalue weighted by atomic mass is 35.5. The molecule has 1 fully saturated rings. The predicted molar refractivity (Wildman–Crippen MR) is 127 cm³/mol. The van der Waals surface area contributed by atoms with E-state index in [2.05, 4.69) is 9.88 Å². The van der Waals surface area contributed by atoms with E-state index in [0.717, 1.165) is 49.5 Å². The monoisotopic (exact) mass is 475 g/mol. The molecule has 9 heteroatoms. The van der Waals surface area contributed by atoms with Gasteiger partial charge in [0.25, 0.3) is 5.91 Å². The number of rotatable bonds is 9. The van der Waals surface area contributed by atoms with Crippen molar-refractivity contribution in [3.63, 3.8) is 0 Å². The van der Waals surface area contributed by atoms with Crippen LogP contribution in [-0.2, 0) is 9.53 Å². The van der Waals surface area contributed by atoms with Gasteiger partial charge in [-0.3, -0.25) is 14.6 Å². The topological polar surface area (TPSA) is 64.1 Å². The number of methoxy groups -OCH3 is 1. The average Bonchev–Trinajstić information content (AvgIpc) is 3.24. The molecule has 0 bridgehead atoms. The highest BCUT2D eigenvalue weighted by Gasteiger charge is 2.21. The van der Waals surface area contributed by atoms with Crippen LogP contribution >= 0.6 is 22.9 Å². The number of aromatic nitrogens is 1. The van der Waals surface area contributed by atoms with E-state index >= 15 is 0 Å². The summed E-state index contributed by atoms with van der Waals surface area (Å²) in [5.74, 6) is 1.13. The number of carbonyl (C=O) groups excluding carboxylic acids is 1. The second-order valence-electron chi connectivity index (χ2n) is 7.43. The van der Waals surface area contributed by atoms with Gasteiger partial charge in [-0.25, -0.2) is 4.98 Å². The molecule has 170 valence electrons. The molecule has 0 radical (unpaired) electrons. The molecule has 1 aliphatic rings. The molecule has 1 saturated heterocycles. The van der Waals surface area contributed by atoms with Gasteiger partial charge in [0.2, 0.25) is 0 Å². The summed E-state index contributed by atoms with van der Waals surface area (Å²) < 4.78 is 17.4. The van der Waals surface area contributed by atoms with E-state index in [-0.39, 0.29) is 12.5 Å². The molecule has 0 unspecified atom stereocenters. The van der Waals surface area contributed by atoms with Crippen LogP contribution in [0.1, 0.15) is 6.42 Å². The zero-order valence-electron chi connectivity index (χ0n) is 18.0. The van der Waals surface area contributed by atoms with Crippen LogP contribution in [-0.4, -0.2) is 68.9 Å². The largest absolute Gasteiger partial charge is 0.497 e. The molecule has 3 aromatic rings. The smallest absolute Gasteiger partial charge is 0.266 e. The number of fused-ring (bicyclic) bond motifs is 1. The summed E-state index contributed by atoms with van der Waals surface area (Å²) in [5.41, 5.74) is 0.828. The third kappa shape index (κ3) is 5.89. The first-order valence-corrected chi connectivity index (χ1v) is 11.8. The van der Waals surface area contributed by atoms with Gasteiger partial charge in [-0.2, -0.15) is 0 Å². The third-order valence-corrected chi connectivity index (χ3v) is 6.51. The summed E-state index contributed by atoms with van der Waals surface area (Å²) in [6.45, 7) is 4.75. The lowest BCUT2D eigenvalue weighted by Gasteiger charge is -2.27. The number of thiazole rings is 1. The quantitative estimate of drug-likeness (QED) is 0.464. The van der Waals surface area contributed by atoms with E-state index < -0.39 is 0 Å². The first-order valence-electron chi connectivity index (χ1n) is 10.6. The van der Waals surface area contributed by atoms with Gasteiger partial charge in [-0.15, -0.1) is 0 Å². The van der Waals surface area contributed by atoms with E-state index in [4.69, 9.17) is 25.8 Å². The summed E-state index contributed by atoms with van der Waals surface area (Å²) in [4.78, 5) is 21.9. The van der Waals surface area contributed by atoms with E-state index in [0.29, 0.717) is 28.2 Å². The Bertz CT molecular complexity index is 1050. The van der Waals surface area contributed by atoms with Crippen molar-refractivity contribution in [2.24, 2.45) is 0 Å². The molecule has 2 heterocycles. The molecule has 1 amide bonds. The number of hydrogen-bond acceptors (Lipinski definition) is 7. The van der Waals surface area contributed by atoms with Gasteiger partial charge < -0.3 is 14.2 Å². The molecular formula is C23H26ClN3O4S. The summed E-state index contributed by atoms with van der Waals surface area (Å²) in [6, 6.07) is 12.8. The number of halogens is 1. The Balaban J connectivity index is 1.46. The van der Waals surface area contributed by atoms with E-state index in [9.17, 15) is 4.79 Å². The van der Waals surface area contributed by atoms with Crippen molar-refractivity contribution in [2.75, 3.05) is 58.0 Å². The summed E-state index contributed by atoms with van der Waals surface area (Å²) in [7, 11) is 1.60. The van der Waals surface area contributed by atoms with Crippen LogP contribution in [0.4, 0.5) is 5.13 Å². The lowest BCUT2D eigenvalue weighted by molar-refractivity contribution is -0.120. The van der Waals surface area contributed by atoms with E-state index in [1.165, 1.54) is 11.3 Å². The van der Waals surface area contributed by atoms with E-state index in [1.54, 1.807) is 24.1 Å². The number of anilines is 1. The molecule has 32 heavy (non-hydrogen) atoms. The molecule has 7 nitrogen and oxygen atoms in total. The van der Waals surface area contributed by atoms with Crippen LogP contribution in [0.25, 0.3) is 10.2 Å². The van der Waals surface area contributed by atoms with Gasteiger partial charge in [0.05, 0.1) is 30.5 Å². The fourth-order valence-corrected chi connectivity index (χ4v) is 4.80. The third-order valence-electron chi connectivity index (χ3n) is 5.23. The molecule has 2 aromatic carbocycles. The Morgan fingerprint density at radius 3 is 2.84 bits per heavy atom. The number of nitrogens with zero attached hydrogens (tertiary/aromatic N) is 3. The Labute approximate surface area is 196 Å². The zero-order chi connectivity index (χ0) is 22.3. The number of ether oxygens (including phenoxy) is 3. The standard InChI is InChI=1S/C23H26ClN3O4S/c1-29-18-4-2-5-19(15-18)31-16-22(28)27(9-3-8-26-10-12-30-13-11-26)23-25-20-7-6-17(24)14-21(20)32-23/h2,4-7,14-15H,3,8-13,16H2,1H3. The second-order valence-corrected chi connectivity index (χ2v) is 8.87. The van der Waals surface area contributed by atoms with Crippen molar-refractivity contribution in [1.82, 2.24) is 9.88 Å². The number of amides is 1. The lowest BCUT2D eigenvalue weighted by atomic mass is 10.3. The fraction of sp³-hybridized carbons (Fsp3) is 0.391. The lowest BCUT2D eigenvalue weighted by Crippen LogP contribution is -2.40. The molecule has 1 aromatic heterocycles. The van der Waals surface area contributed by atoms with Crippen molar-refractivity contribution >= 4 is 44.2 Å². The predicted octanol–water partition coefficient (Wildman–Crippen LogP) is 4.09. The number of benzene rings is 2. The number of hydrogen-bond donors (Lipinski definition) is 0. The Hall–Kier alpha value is -2.39. The Morgan fingerprint density at radius 2 is 2.03 bits per heavy atom. The molecule has 4 rings (SSSR count). The van der Waals surface area contributed by atoms with Crippen molar-refractivity contribution in [3.8, 4) is 11.5 Å². The maximum atomic E-state index is 13.2. The van der Waals surface area contributed by atoms with Gasteiger partial charge in [0, 0.05) is 37.3 Å². The van der Waals surface area contributed by atoms with Gasteiger partial charge in [0.1, 0.15) is 11.5 Å². The maximum Gasteiger partial charge on any atom is 0.266 e.